The summed E-state index contributed by atoms with van der Waals surface area (Å²) in [6.07, 6.45) is 4.30. The van der Waals surface area contributed by atoms with Crippen molar-refractivity contribution in [2.24, 2.45) is 11.6 Å². The zero-order valence-electron chi connectivity index (χ0n) is 11.3. The fourth-order valence-corrected chi connectivity index (χ4v) is 2.57. The van der Waals surface area contributed by atoms with Gasteiger partial charge in [0.2, 0.25) is 5.91 Å². The third-order valence-electron chi connectivity index (χ3n) is 3.48. The Kier molecular flexibility index (Phi) is 4.57. The minimum absolute atomic E-state index is 0.147. The van der Waals surface area contributed by atoms with Crippen molar-refractivity contribution in [3.05, 3.63) is 28.8 Å². The molecular weight excluding hydrogens is 258 g/mol. The largest absolute Gasteiger partial charge is 0.483 e. The van der Waals surface area contributed by atoms with Gasteiger partial charge < -0.3 is 10.5 Å². The lowest BCUT2D eigenvalue weighted by Crippen LogP contribution is -2.32. The minimum Gasteiger partial charge on any atom is -0.483 e. The quantitative estimate of drug-likeness (QED) is 0.399. The number of carbonyl (C=O) groups is 2. The molecular formula is C14H19N3O3. The Morgan fingerprint density at radius 3 is 2.70 bits per heavy atom. The van der Waals surface area contributed by atoms with Crippen LogP contribution in [-0.4, -0.2) is 18.4 Å². The minimum atomic E-state index is -0.544. The summed E-state index contributed by atoms with van der Waals surface area (Å²) in [6.45, 7) is -0.198. The van der Waals surface area contributed by atoms with Crippen molar-refractivity contribution < 1.29 is 14.3 Å². The lowest BCUT2D eigenvalue weighted by atomic mass is 9.86. The highest BCUT2D eigenvalue weighted by atomic mass is 16.5. The molecule has 0 aliphatic heterocycles. The summed E-state index contributed by atoms with van der Waals surface area (Å²) in [7, 11) is 0. The summed E-state index contributed by atoms with van der Waals surface area (Å²) in [6, 6.07) is 3.79. The molecule has 1 aliphatic carbocycles. The lowest BCUT2D eigenvalue weighted by molar-refractivity contribution is -0.120. The Labute approximate surface area is 117 Å². The fourth-order valence-electron chi connectivity index (χ4n) is 2.57. The highest BCUT2D eigenvalue weighted by Gasteiger charge is 2.19. The van der Waals surface area contributed by atoms with Crippen LogP contribution in [0, 0.1) is 0 Å². The van der Waals surface area contributed by atoms with Crippen molar-refractivity contribution >= 4 is 11.8 Å². The zero-order valence-corrected chi connectivity index (χ0v) is 11.3. The van der Waals surface area contributed by atoms with Gasteiger partial charge in [-0.15, -0.1) is 0 Å². The van der Waals surface area contributed by atoms with Crippen LogP contribution in [0.1, 0.15) is 29.5 Å². The highest BCUT2D eigenvalue weighted by molar-refractivity contribution is 5.80. The van der Waals surface area contributed by atoms with E-state index >= 15 is 0 Å². The molecule has 1 aliphatic rings. The summed E-state index contributed by atoms with van der Waals surface area (Å²) in [5, 5.41) is 0. The van der Waals surface area contributed by atoms with Crippen LogP contribution in [0.3, 0.4) is 0 Å². The molecule has 2 amide bonds. The number of benzene rings is 1. The molecule has 0 heterocycles. The zero-order chi connectivity index (χ0) is 14.5. The van der Waals surface area contributed by atoms with Gasteiger partial charge in [0, 0.05) is 5.56 Å². The Balaban J connectivity index is 2.34. The molecule has 0 saturated carbocycles. The summed E-state index contributed by atoms with van der Waals surface area (Å²) in [4.78, 5) is 22.4. The molecule has 0 fully saturated rings. The van der Waals surface area contributed by atoms with Crippen molar-refractivity contribution in [1.82, 2.24) is 5.43 Å². The van der Waals surface area contributed by atoms with Crippen LogP contribution in [0.5, 0.6) is 5.75 Å². The second-order valence-electron chi connectivity index (χ2n) is 4.89. The Bertz CT molecular complexity index is 529. The van der Waals surface area contributed by atoms with Crippen LogP contribution in [0.15, 0.2) is 12.1 Å². The van der Waals surface area contributed by atoms with E-state index in [1.165, 1.54) is 5.56 Å². The molecule has 2 rings (SSSR count). The topological polar surface area (TPSA) is 107 Å². The molecule has 0 radical (unpaired) electrons. The van der Waals surface area contributed by atoms with E-state index < -0.39 is 5.91 Å². The van der Waals surface area contributed by atoms with E-state index in [4.69, 9.17) is 16.3 Å². The number of aryl methyl sites for hydroxylation is 1. The van der Waals surface area contributed by atoms with E-state index in [-0.39, 0.29) is 18.9 Å². The van der Waals surface area contributed by atoms with Gasteiger partial charge in [-0.1, -0.05) is 6.07 Å². The van der Waals surface area contributed by atoms with Gasteiger partial charge in [0.1, 0.15) is 5.75 Å². The number of rotatable bonds is 5. The maximum absolute atomic E-state index is 11.6. The Morgan fingerprint density at radius 2 is 2.00 bits per heavy atom. The first kappa shape index (κ1) is 14.3. The third-order valence-corrected chi connectivity index (χ3v) is 3.48. The van der Waals surface area contributed by atoms with Gasteiger partial charge in [0.25, 0.3) is 5.91 Å². The monoisotopic (exact) mass is 277 g/mol. The number of hydrazine groups is 1. The average Bonchev–Trinajstić information content (AvgIpc) is 2.46. The van der Waals surface area contributed by atoms with Gasteiger partial charge in [0.05, 0.1) is 6.42 Å². The van der Waals surface area contributed by atoms with Crippen molar-refractivity contribution in [2.75, 3.05) is 6.61 Å². The lowest BCUT2D eigenvalue weighted by Gasteiger charge is -2.21. The van der Waals surface area contributed by atoms with E-state index in [1.54, 1.807) is 6.07 Å². The molecule has 0 bridgehead atoms. The van der Waals surface area contributed by atoms with Gasteiger partial charge in [-0.3, -0.25) is 15.0 Å². The van der Waals surface area contributed by atoms with Crippen LogP contribution in [-0.2, 0) is 28.9 Å². The molecule has 0 spiro atoms. The first-order chi connectivity index (χ1) is 9.61. The highest BCUT2D eigenvalue weighted by Crippen LogP contribution is 2.31. The molecule has 0 atom stereocenters. The fraction of sp³-hybridized carbons (Fsp3) is 0.429. The maximum atomic E-state index is 11.6. The molecule has 1 aromatic rings. The van der Waals surface area contributed by atoms with Crippen LogP contribution in [0.25, 0.3) is 0 Å². The smallest absolute Gasteiger partial charge is 0.255 e. The van der Waals surface area contributed by atoms with Crippen molar-refractivity contribution in [2.45, 2.75) is 32.1 Å². The predicted octanol–water partition coefficient (Wildman–Crippen LogP) is -0.0381. The summed E-state index contributed by atoms with van der Waals surface area (Å²) in [5.41, 5.74) is 10.4. The molecule has 0 saturated heterocycles. The summed E-state index contributed by atoms with van der Waals surface area (Å²) < 4.78 is 5.41. The van der Waals surface area contributed by atoms with E-state index in [2.05, 4.69) is 5.43 Å². The van der Waals surface area contributed by atoms with Crippen LogP contribution >= 0.6 is 0 Å². The molecule has 0 aromatic heterocycles. The molecule has 20 heavy (non-hydrogen) atoms. The third kappa shape index (κ3) is 3.27. The summed E-state index contributed by atoms with van der Waals surface area (Å²) in [5.74, 6) is 4.86. The van der Waals surface area contributed by atoms with E-state index in [9.17, 15) is 9.59 Å². The molecule has 5 N–H and O–H groups in total. The van der Waals surface area contributed by atoms with E-state index in [1.807, 2.05) is 6.07 Å². The number of carbonyl (C=O) groups excluding carboxylic acids is 2. The second kappa shape index (κ2) is 6.38. The van der Waals surface area contributed by atoms with E-state index in [0.717, 1.165) is 36.8 Å². The number of hydrogen-bond donors (Lipinski definition) is 3. The molecule has 1 aromatic carbocycles. The standard InChI is InChI=1S/C14H19N3O3/c15-13(18)8-20-12-6-5-9-3-1-2-4-10(9)11(12)7-14(19)17-16/h5-6H,1-4,7-8,16H2,(H2,15,18)(H,17,19). The summed E-state index contributed by atoms with van der Waals surface area (Å²) >= 11 is 0. The number of hydrogen-bond acceptors (Lipinski definition) is 4. The van der Waals surface area contributed by atoms with Crippen molar-refractivity contribution in [1.29, 1.82) is 0 Å². The first-order valence-electron chi connectivity index (χ1n) is 6.66. The molecule has 108 valence electrons. The first-order valence-corrected chi connectivity index (χ1v) is 6.66. The van der Waals surface area contributed by atoms with E-state index in [0.29, 0.717) is 5.75 Å². The Morgan fingerprint density at radius 1 is 1.25 bits per heavy atom. The van der Waals surface area contributed by atoms with Gasteiger partial charge in [-0.2, -0.15) is 0 Å². The van der Waals surface area contributed by atoms with Gasteiger partial charge in [0.15, 0.2) is 6.61 Å². The maximum Gasteiger partial charge on any atom is 0.255 e. The number of amides is 2. The Hall–Kier alpha value is -2.08. The second-order valence-corrected chi connectivity index (χ2v) is 4.89. The average molecular weight is 277 g/mol. The van der Waals surface area contributed by atoms with Crippen LogP contribution in [0.4, 0.5) is 0 Å². The number of nitrogens with two attached hydrogens (primary N) is 2. The molecule has 6 heteroatoms. The SMILES string of the molecule is NNC(=O)Cc1c(OCC(N)=O)ccc2c1CCCC2. The normalized spacial score (nSPS) is 13.4. The molecule has 6 nitrogen and oxygen atoms in total. The number of ether oxygens (including phenoxy) is 1. The van der Waals surface area contributed by atoms with Crippen LogP contribution in [0.2, 0.25) is 0 Å². The van der Waals surface area contributed by atoms with Crippen LogP contribution < -0.4 is 21.7 Å². The number of fused-ring (bicyclic) bond motifs is 1. The molecule has 0 unspecified atom stereocenters. The number of primary amides is 1. The van der Waals surface area contributed by atoms with Gasteiger partial charge >= 0.3 is 0 Å². The van der Waals surface area contributed by atoms with Crippen molar-refractivity contribution in [3.8, 4) is 5.75 Å². The predicted molar refractivity (Wildman–Crippen MR) is 73.8 cm³/mol. The van der Waals surface area contributed by atoms with Gasteiger partial charge in [-0.25, -0.2) is 5.84 Å². The van der Waals surface area contributed by atoms with Crippen molar-refractivity contribution in [3.63, 3.8) is 0 Å². The van der Waals surface area contributed by atoms with Gasteiger partial charge in [-0.05, 0) is 42.9 Å². The number of nitrogens with one attached hydrogen (secondary N) is 1.